The second-order valence-corrected chi connectivity index (χ2v) is 6.18. The van der Waals surface area contributed by atoms with E-state index in [1.807, 2.05) is 0 Å². The van der Waals surface area contributed by atoms with Gasteiger partial charge in [0.25, 0.3) is 0 Å². The molecule has 0 fully saturated rings. The molecule has 16 heavy (non-hydrogen) atoms. The highest BCUT2D eigenvalue weighted by molar-refractivity contribution is 5.23. The SMILES string of the molecule is CC1C2=C(CCC(C)(C)O2)C(C)C(O)C1C. The van der Waals surface area contributed by atoms with Gasteiger partial charge in [-0.25, -0.2) is 0 Å². The molecule has 0 radical (unpaired) electrons. The van der Waals surface area contributed by atoms with Crippen LogP contribution in [0.25, 0.3) is 0 Å². The van der Waals surface area contributed by atoms with Crippen LogP contribution in [0.3, 0.4) is 0 Å². The van der Waals surface area contributed by atoms with Gasteiger partial charge in [0.05, 0.1) is 11.9 Å². The van der Waals surface area contributed by atoms with Crippen LogP contribution in [0.2, 0.25) is 0 Å². The Morgan fingerprint density at radius 1 is 1.19 bits per heavy atom. The number of allylic oxidation sites excluding steroid dienone is 1. The first-order valence-corrected chi connectivity index (χ1v) is 6.43. The fraction of sp³-hybridized carbons (Fsp3) is 0.857. The molecule has 1 N–H and O–H groups in total. The predicted octanol–water partition coefficient (Wildman–Crippen LogP) is 3.11. The lowest BCUT2D eigenvalue weighted by atomic mass is 9.70. The molecule has 1 aliphatic carbocycles. The van der Waals surface area contributed by atoms with Crippen molar-refractivity contribution in [3.63, 3.8) is 0 Å². The highest BCUT2D eigenvalue weighted by Crippen LogP contribution is 2.46. The first-order chi connectivity index (χ1) is 7.33. The van der Waals surface area contributed by atoms with E-state index in [-0.39, 0.29) is 17.6 Å². The zero-order valence-corrected chi connectivity index (χ0v) is 11.1. The first-order valence-electron chi connectivity index (χ1n) is 6.43. The molecule has 2 rings (SSSR count). The van der Waals surface area contributed by atoms with E-state index in [1.54, 1.807) is 0 Å². The van der Waals surface area contributed by atoms with Crippen LogP contribution in [-0.4, -0.2) is 16.8 Å². The van der Waals surface area contributed by atoms with Gasteiger partial charge < -0.3 is 9.84 Å². The summed E-state index contributed by atoms with van der Waals surface area (Å²) < 4.78 is 6.15. The average Bonchev–Trinajstić information content (AvgIpc) is 2.22. The van der Waals surface area contributed by atoms with Crippen LogP contribution in [0.5, 0.6) is 0 Å². The summed E-state index contributed by atoms with van der Waals surface area (Å²) in [5.74, 6) is 2.07. The minimum absolute atomic E-state index is 0.0329. The molecule has 0 saturated heterocycles. The number of rotatable bonds is 0. The van der Waals surface area contributed by atoms with Crippen LogP contribution >= 0.6 is 0 Å². The highest BCUT2D eigenvalue weighted by atomic mass is 16.5. The zero-order chi connectivity index (χ0) is 12.1. The second kappa shape index (κ2) is 3.76. The third-order valence-corrected chi connectivity index (χ3v) is 4.50. The lowest BCUT2D eigenvalue weighted by Crippen LogP contribution is -2.42. The molecule has 2 nitrogen and oxygen atoms in total. The summed E-state index contributed by atoms with van der Waals surface area (Å²) in [5, 5.41) is 10.2. The molecule has 0 saturated carbocycles. The van der Waals surface area contributed by atoms with Gasteiger partial charge >= 0.3 is 0 Å². The van der Waals surface area contributed by atoms with E-state index in [9.17, 15) is 5.11 Å². The summed E-state index contributed by atoms with van der Waals surface area (Å²) in [6, 6.07) is 0. The van der Waals surface area contributed by atoms with Crippen LogP contribution in [-0.2, 0) is 4.74 Å². The van der Waals surface area contributed by atoms with E-state index in [0.717, 1.165) is 12.8 Å². The Kier molecular flexibility index (Phi) is 2.82. The minimum atomic E-state index is -0.210. The maximum Gasteiger partial charge on any atom is 0.103 e. The van der Waals surface area contributed by atoms with Crippen molar-refractivity contribution in [3.05, 3.63) is 11.3 Å². The zero-order valence-electron chi connectivity index (χ0n) is 11.1. The summed E-state index contributed by atoms with van der Waals surface area (Å²) >= 11 is 0. The van der Waals surface area contributed by atoms with E-state index < -0.39 is 0 Å². The molecule has 4 unspecified atom stereocenters. The third kappa shape index (κ3) is 1.77. The summed E-state index contributed by atoms with van der Waals surface area (Å²) in [6.45, 7) is 10.7. The van der Waals surface area contributed by atoms with Gasteiger partial charge in [-0.2, -0.15) is 0 Å². The van der Waals surface area contributed by atoms with Crippen LogP contribution < -0.4 is 0 Å². The molecule has 0 aromatic carbocycles. The topological polar surface area (TPSA) is 29.5 Å². The average molecular weight is 224 g/mol. The van der Waals surface area contributed by atoms with Crippen molar-refractivity contribution >= 4 is 0 Å². The van der Waals surface area contributed by atoms with Crippen molar-refractivity contribution < 1.29 is 9.84 Å². The van der Waals surface area contributed by atoms with Crippen molar-refractivity contribution in [2.75, 3.05) is 0 Å². The molecule has 0 amide bonds. The Balaban J connectivity index is 2.36. The van der Waals surface area contributed by atoms with Gasteiger partial charge in [0.15, 0.2) is 0 Å². The number of aliphatic hydroxyl groups excluding tert-OH is 1. The molecule has 1 heterocycles. The molecular weight excluding hydrogens is 200 g/mol. The molecule has 0 spiro atoms. The molecular formula is C14H24O2. The maximum atomic E-state index is 10.2. The van der Waals surface area contributed by atoms with Gasteiger partial charge in [-0.15, -0.1) is 0 Å². The van der Waals surface area contributed by atoms with E-state index in [4.69, 9.17) is 4.74 Å². The monoisotopic (exact) mass is 224 g/mol. The molecule has 0 aromatic rings. The Labute approximate surface area is 98.7 Å². The van der Waals surface area contributed by atoms with Crippen molar-refractivity contribution in [3.8, 4) is 0 Å². The lowest BCUT2D eigenvalue weighted by molar-refractivity contribution is -0.0472. The van der Waals surface area contributed by atoms with Gasteiger partial charge in [-0.3, -0.25) is 0 Å². The maximum absolute atomic E-state index is 10.2. The van der Waals surface area contributed by atoms with Crippen LogP contribution in [0.1, 0.15) is 47.5 Å². The molecule has 0 bridgehead atoms. The largest absolute Gasteiger partial charge is 0.492 e. The third-order valence-electron chi connectivity index (χ3n) is 4.50. The summed E-state index contributed by atoms with van der Waals surface area (Å²) in [4.78, 5) is 0. The summed E-state index contributed by atoms with van der Waals surface area (Å²) in [5.41, 5.74) is 1.33. The van der Waals surface area contributed by atoms with Crippen molar-refractivity contribution in [1.29, 1.82) is 0 Å². The van der Waals surface area contributed by atoms with Gasteiger partial charge in [-0.1, -0.05) is 20.8 Å². The fourth-order valence-electron chi connectivity index (χ4n) is 3.01. The summed E-state index contributed by atoms with van der Waals surface area (Å²) in [7, 11) is 0. The lowest BCUT2D eigenvalue weighted by Gasteiger charge is -2.45. The molecule has 92 valence electrons. The number of aliphatic hydroxyl groups is 1. The van der Waals surface area contributed by atoms with Crippen LogP contribution in [0, 0.1) is 17.8 Å². The fourth-order valence-corrected chi connectivity index (χ4v) is 3.01. The van der Waals surface area contributed by atoms with Gasteiger partial charge in [0.2, 0.25) is 0 Å². The van der Waals surface area contributed by atoms with E-state index >= 15 is 0 Å². The highest BCUT2D eigenvalue weighted by Gasteiger charge is 2.42. The molecule has 2 heteroatoms. The van der Waals surface area contributed by atoms with Gasteiger partial charge in [0.1, 0.15) is 5.60 Å². The summed E-state index contributed by atoms with van der Waals surface area (Å²) in [6.07, 6.45) is 1.93. The van der Waals surface area contributed by atoms with Gasteiger partial charge in [-0.05, 0) is 38.2 Å². The Morgan fingerprint density at radius 3 is 2.44 bits per heavy atom. The molecule has 2 aliphatic rings. The van der Waals surface area contributed by atoms with Crippen LogP contribution in [0.4, 0.5) is 0 Å². The van der Waals surface area contributed by atoms with E-state index in [0.29, 0.717) is 11.8 Å². The quantitative estimate of drug-likeness (QED) is 0.685. The number of hydrogen-bond acceptors (Lipinski definition) is 2. The number of hydrogen-bond donors (Lipinski definition) is 1. The van der Waals surface area contributed by atoms with E-state index in [1.165, 1.54) is 11.3 Å². The Hall–Kier alpha value is -0.500. The minimum Gasteiger partial charge on any atom is -0.492 e. The molecule has 4 atom stereocenters. The number of ether oxygens (including phenoxy) is 1. The normalized spacial score (nSPS) is 42.6. The predicted molar refractivity (Wildman–Crippen MR) is 64.9 cm³/mol. The van der Waals surface area contributed by atoms with Crippen LogP contribution in [0.15, 0.2) is 11.3 Å². The standard InChI is InChI=1S/C14H24O2/c1-8-9(2)13-11(10(3)12(8)15)6-7-14(4,5)16-13/h8-10,12,15H,6-7H2,1-5H3. The van der Waals surface area contributed by atoms with Crippen molar-refractivity contribution in [2.45, 2.75) is 59.2 Å². The van der Waals surface area contributed by atoms with E-state index in [2.05, 4.69) is 34.6 Å². The Bertz CT molecular complexity index is 317. The smallest absolute Gasteiger partial charge is 0.103 e. The first kappa shape index (κ1) is 12.0. The van der Waals surface area contributed by atoms with Crippen molar-refractivity contribution in [2.24, 2.45) is 17.8 Å². The molecule has 0 aromatic heterocycles. The molecule has 1 aliphatic heterocycles. The second-order valence-electron chi connectivity index (χ2n) is 6.18. The van der Waals surface area contributed by atoms with Crippen molar-refractivity contribution in [1.82, 2.24) is 0 Å². The van der Waals surface area contributed by atoms with Gasteiger partial charge in [0, 0.05) is 11.8 Å². The Morgan fingerprint density at radius 2 is 1.81 bits per heavy atom.